The van der Waals surface area contributed by atoms with Crippen LogP contribution in [-0.4, -0.2) is 25.6 Å². The standard InChI is InChI=1S/C14H13N5/c1-2-4-12-9(3-1)5-6-10-7-11(8-15-13(10)12)14-16-18-19-17-14/h5-8H,1-4H2,(H,16,17,18,19). The van der Waals surface area contributed by atoms with Crippen molar-refractivity contribution in [3.8, 4) is 11.4 Å². The van der Waals surface area contributed by atoms with Gasteiger partial charge in [-0.3, -0.25) is 4.98 Å². The van der Waals surface area contributed by atoms with Gasteiger partial charge in [0.25, 0.3) is 0 Å². The number of fused-ring (bicyclic) bond motifs is 3. The minimum Gasteiger partial charge on any atom is -0.255 e. The molecule has 19 heavy (non-hydrogen) atoms. The van der Waals surface area contributed by atoms with E-state index >= 15 is 0 Å². The number of aromatic nitrogens is 5. The number of benzene rings is 1. The monoisotopic (exact) mass is 251 g/mol. The molecule has 1 aliphatic carbocycles. The lowest BCUT2D eigenvalue weighted by molar-refractivity contribution is 0.689. The van der Waals surface area contributed by atoms with Crippen molar-refractivity contribution in [1.29, 1.82) is 0 Å². The summed E-state index contributed by atoms with van der Waals surface area (Å²) in [6.45, 7) is 0. The summed E-state index contributed by atoms with van der Waals surface area (Å²) in [5.41, 5.74) is 4.91. The zero-order valence-electron chi connectivity index (χ0n) is 10.4. The highest BCUT2D eigenvalue weighted by atomic mass is 15.5. The number of tetrazole rings is 1. The van der Waals surface area contributed by atoms with E-state index in [-0.39, 0.29) is 0 Å². The molecule has 1 aromatic carbocycles. The summed E-state index contributed by atoms with van der Waals surface area (Å²) in [5.74, 6) is 0.590. The Morgan fingerprint density at radius 2 is 2.05 bits per heavy atom. The predicted molar refractivity (Wildman–Crippen MR) is 71.6 cm³/mol. The fraction of sp³-hybridized carbons (Fsp3) is 0.286. The molecule has 0 saturated heterocycles. The summed E-state index contributed by atoms with van der Waals surface area (Å²) in [6.07, 6.45) is 6.71. The van der Waals surface area contributed by atoms with Crippen LogP contribution in [0.4, 0.5) is 0 Å². The third kappa shape index (κ3) is 1.69. The number of nitrogens with one attached hydrogen (secondary N) is 1. The fourth-order valence-corrected chi connectivity index (χ4v) is 2.84. The van der Waals surface area contributed by atoms with E-state index in [4.69, 9.17) is 0 Å². The van der Waals surface area contributed by atoms with Gasteiger partial charge in [-0.25, -0.2) is 0 Å². The molecule has 0 spiro atoms. The number of H-pyrrole nitrogens is 1. The van der Waals surface area contributed by atoms with Crippen LogP contribution in [-0.2, 0) is 12.8 Å². The van der Waals surface area contributed by atoms with E-state index in [1.165, 1.54) is 30.4 Å². The lowest BCUT2D eigenvalue weighted by Gasteiger charge is -2.17. The molecule has 0 amide bonds. The highest BCUT2D eigenvalue weighted by Crippen LogP contribution is 2.29. The molecule has 4 rings (SSSR count). The summed E-state index contributed by atoms with van der Waals surface area (Å²) in [4.78, 5) is 4.63. The minimum atomic E-state index is 0.590. The second-order valence-corrected chi connectivity index (χ2v) is 4.94. The maximum absolute atomic E-state index is 4.63. The molecule has 0 radical (unpaired) electrons. The number of aromatic amines is 1. The Balaban J connectivity index is 1.91. The molecule has 0 fully saturated rings. The number of aryl methyl sites for hydroxylation is 2. The van der Waals surface area contributed by atoms with Gasteiger partial charge >= 0.3 is 0 Å². The van der Waals surface area contributed by atoms with Crippen molar-refractivity contribution in [1.82, 2.24) is 25.6 Å². The van der Waals surface area contributed by atoms with Gasteiger partial charge < -0.3 is 0 Å². The first-order valence-electron chi connectivity index (χ1n) is 6.56. The van der Waals surface area contributed by atoms with E-state index < -0.39 is 0 Å². The molecule has 94 valence electrons. The quantitative estimate of drug-likeness (QED) is 0.720. The zero-order chi connectivity index (χ0) is 12.7. The molecular formula is C14H13N5. The van der Waals surface area contributed by atoms with Crippen LogP contribution < -0.4 is 0 Å². The van der Waals surface area contributed by atoms with Crippen molar-refractivity contribution in [2.24, 2.45) is 0 Å². The van der Waals surface area contributed by atoms with Crippen LogP contribution in [0.2, 0.25) is 0 Å². The van der Waals surface area contributed by atoms with Crippen molar-refractivity contribution >= 4 is 10.9 Å². The average Bonchev–Trinajstić information content (AvgIpc) is 3.01. The predicted octanol–water partition coefficient (Wildman–Crippen LogP) is 2.29. The van der Waals surface area contributed by atoms with E-state index in [0.717, 1.165) is 22.9 Å². The van der Waals surface area contributed by atoms with Crippen LogP contribution >= 0.6 is 0 Å². The maximum Gasteiger partial charge on any atom is 0.206 e. The molecule has 0 bridgehead atoms. The molecule has 5 nitrogen and oxygen atoms in total. The second-order valence-electron chi connectivity index (χ2n) is 4.94. The molecule has 0 aliphatic heterocycles. The molecule has 2 aromatic heterocycles. The van der Waals surface area contributed by atoms with Gasteiger partial charge in [-0.15, -0.1) is 10.2 Å². The average molecular weight is 251 g/mol. The molecule has 0 atom stereocenters. The molecule has 1 N–H and O–H groups in total. The van der Waals surface area contributed by atoms with Crippen LogP contribution in [0.1, 0.15) is 24.0 Å². The Bertz CT molecular complexity index is 733. The van der Waals surface area contributed by atoms with Crippen molar-refractivity contribution in [3.63, 3.8) is 0 Å². The lowest BCUT2D eigenvalue weighted by atomic mass is 9.89. The van der Waals surface area contributed by atoms with E-state index in [0.29, 0.717) is 5.82 Å². The third-order valence-electron chi connectivity index (χ3n) is 3.78. The highest BCUT2D eigenvalue weighted by Gasteiger charge is 2.14. The number of hydrogen-bond donors (Lipinski definition) is 1. The fourth-order valence-electron chi connectivity index (χ4n) is 2.84. The van der Waals surface area contributed by atoms with Crippen molar-refractivity contribution in [3.05, 3.63) is 35.5 Å². The van der Waals surface area contributed by atoms with Crippen LogP contribution in [0.5, 0.6) is 0 Å². The first-order valence-corrected chi connectivity index (χ1v) is 6.56. The van der Waals surface area contributed by atoms with Gasteiger partial charge in [0.05, 0.1) is 5.52 Å². The molecule has 2 heterocycles. The number of hydrogen-bond acceptors (Lipinski definition) is 4. The van der Waals surface area contributed by atoms with E-state index in [2.05, 4.69) is 43.8 Å². The van der Waals surface area contributed by atoms with Gasteiger partial charge in [-0.05, 0) is 48.1 Å². The van der Waals surface area contributed by atoms with Crippen LogP contribution in [0.3, 0.4) is 0 Å². The van der Waals surface area contributed by atoms with Gasteiger partial charge in [0, 0.05) is 17.1 Å². The first-order chi connectivity index (χ1) is 9.42. The van der Waals surface area contributed by atoms with E-state index in [1.54, 1.807) is 0 Å². The van der Waals surface area contributed by atoms with Crippen LogP contribution in [0, 0.1) is 0 Å². The van der Waals surface area contributed by atoms with E-state index in [9.17, 15) is 0 Å². The Kier molecular flexibility index (Phi) is 2.30. The normalized spacial score (nSPS) is 14.5. The maximum atomic E-state index is 4.63. The SMILES string of the molecule is c1nc2c3c(ccc2cc1-c1nn[nH]n1)CCCC3. The van der Waals surface area contributed by atoms with Crippen LogP contribution in [0.15, 0.2) is 24.4 Å². The molecule has 5 heteroatoms. The minimum absolute atomic E-state index is 0.590. The molecule has 0 unspecified atom stereocenters. The number of nitrogens with zero attached hydrogens (tertiary/aromatic N) is 4. The third-order valence-corrected chi connectivity index (χ3v) is 3.78. The topological polar surface area (TPSA) is 67.3 Å². The summed E-state index contributed by atoms with van der Waals surface area (Å²) in [6, 6.07) is 6.47. The molecule has 3 aromatic rings. The van der Waals surface area contributed by atoms with Crippen molar-refractivity contribution in [2.45, 2.75) is 25.7 Å². The second kappa shape index (κ2) is 4.12. The first kappa shape index (κ1) is 10.6. The van der Waals surface area contributed by atoms with Gasteiger partial charge in [0.15, 0.2) is 0 Å². The molecular weight excluding hydrogens is 238 g/mol. The van der Waals surface area contributed by atoms with Gasteiger partial charge in [0.2, 0.25) is 5.82 Å². The van der Waals surface area contributed by atoms with Crippen molar-refractivity contribution < 1.29 is 0 Å². The van der Waals surface area contributed by atoms with Crippen molar-refractivity contribution in [2.75, 3.05) is 0 Å². The summed E-state index contributed by atoms with van der Waals surface area (Å²) in [7, 11) is 0. The Hall–Kier alpha value is -2.30. The van der Waals surface area contributed by atoms with Gasteiger partial charge in [0.1, 0.15) is 0 Å². The Morgan fingerprint density at radius 3 is 2.95 bits per heavy atom. The highest BCUT2D eigenvalue weighted by molar-refractivity contribution is 5.86. The van der Waals surface area contributed by atoms with Gasteiger partial charge in [-0.2, -0.15) is 5.21 Å². The van der Waals surface area contributed by atoms with Gasteiger partial charge in [-0.1, -0.05) is 12.1 Å². The molecule has 0 saturated carbocycles. The zero-order valence-corrected chi connectivity index (χ0v) is 10.4. The lowest BCUT2D eigenvalue weighted by Crippen LogP contribution is -2.04. The summed E-state index contributed by atoms with van der Waals surface area (Å²) in [5, 5.41) is 15.2. The summed E-state index contributed by atoms with van der Waals surface area (Å²) >= 11 is 0. The largest absolute Gasteiger partial charge is 0.255 e. The Morgan fingerprint density at radius 1 is 1.11 bits per heavy atom. The van der Waals surface area contributed by atoms with E-state index in [1.807, 2.05) is 6.20 Å². The Labute approximate surface area is 110 Å². The smallest absolute Gasteiger partial charge is 0.206 e. The molecule has 1 aliphatic rings. The number of rotatable bonds is 1. The summed E-state index contributed by atoms with van der Waals surface area (Å²) < 4.78 is 0. The van der Waals surface area contributed by atoms with Crippen LogP contribution in [0.25, 0.3) is 22.3 Å². The number of pyridine rings is 1.